The zero-order chi connectivity index (χ0) is 19.4. The van der Waals surface area contributed by atoms with E-state index in [0.717, 1.165) is 50.4 Å². The van der Waals surface area contributed by atoms with Crippen LogP contribution in [0.4, 0.5) is 0 Å². The number of benzene rings is 1. The SMILES string of the molecule is CNCCC1CCN(C(=O)c2nc(C(C)C)n(-c3ccccc3Cl)n2)CC1.Cl. The molecule has 1 saturated heterocycles. The third-order valence-corrected chi connectivity index (χ3v) is 5.44. The molecule has 1 aliphatic heterocycles. The fourth-order valence-electron chi connectivity index (χ4n) is 3.50. The maximum absolute atomic E-state index is 13.0. The van der Waals surface area contributed by atoms with E-state index in [1.54, 1.807) is 4.68 Å². The van der Waals surface area contributed by atoms with Gasteiger partial charge in [0.05, 0.1) is 10.7 Å². The number of carbonyl (C=O) groups excluding carboxylic acids is 1. The van der Waals surface area contributed by atoms with Crippen LogP contribution in [0.1, 0.15) is 55.5 Å². The quantitative estimate of drug-likeness (QED) is 0.761. The molecule has 0 unspecified atom stereocenters. The number of halogens is 2. The lowest BCUT2D eigenvalue weighted by Crippen LogP contribution is -2.39. The van der Waals surface area contributed by atoms with E-state index < -0.39 is 0 Å². The van der Waals surface area contributed by atoms with Gasteiger partial charge in [-0.15, -0.1) is 17.5 Å². The topological polar surface area (TPSA) is 63.1 Å². The summed E-state index contributed by atoms with van der Waals surface area (Å²) in [5.74, 6) is 1.72. The van der Waals surface area contributed by atoms with E-state index in [1.807, 2.05) is 50.1 Å². The van der Waals surface area contributed by atoms with Crippen molar-refractivity contribution in [2.24, 2.45) is 5.92 Å². The van der Waals surface area contributed by atoms with Crippen LogP contribution >= 0.6 is 24.0 Å². The first kappa shape index (κ1) is 22.7. The van der Waals surface area contributed by atoms with Crippen LogP contribution in [0.2, 0.25) is 5.02 Å². The van der Waals surface area contributed by atoms with Crippen LogP contribution in [0.25, 0.3) is 5.69 Å². The van der Waals surface area contributed by atoms with Gasteiger partial charge in [-0.05, 0) is 50.9 Å². The smallest absolute Gasteiger partial charge is 0.293 e. The molecule has 8 heteroatoms. The zero-order valence-corrected chi connectivity index (χ0v) is 18.3. The summed E-state index contributed by atoms with van der Waals surface area (Å²) < 4.78 is 1.71. The van der Waals surface area contributed by atoms with Gasteiger partial charge in [0.2, 0.25) is 5.82 Å². The van der Waals surface area contributed by atoms with Gasteiger partial charge >= 0.3 is 0 Å². The predicted octanol–water partition coefficient (Wildman–Crippen LogP) is 3.93. The van der Waals surface area contributed by atoms with Crippen LogP contribution in [0.15, 0.2) is 24.3 Å². The van der Waals surface area contributed by atoms with Gasteiger partial charge in [0, 0.05) is 19.0 Å². The van der Waals surface area contributed by atoms with E-state index in [1.165, 1.54) is 0 Å². The molecule has 0 spiro atoms. The molecule has 3 rings (SSSR count). The number of nitrogens with zero attached hydrogens (tertiary/aromatic N) is 4. The first-order valence-electron chi connectivity index (χ1n) is 9.67. The van der Waals surface area contributed by atoms with Crippen molar-refractivity contribution < 1.29 is 4.79 Å². The Bertz CT molecular complexity index is 785. The molecule has 0 saturated carbocycles. The van der Waals surface area contributed by atoms with Gasteiger partial charge in [-0.3, -0.25) is 4.79 Å². The first-order chi connectivity index (χ1) is 13.0. The Kier molecular flexibility index (Phi) is 8.28. The largest absolute Gasteiger partial charge is 0.336 e. The minimum absolute atomic E-state index is 0. The highest BCUT2D eigenvalue weighted by Gasteiger charge is 2.27. The van der Waals surface area contributed by atoms with Gasteiger partial charge < -0.3 is 10.2 Å². The molecule has 28 heavy (non-hydrogen) atoms. The number of hydrogen-bond acceptors (Lipinski definition) is 4. The highest BCUT2D eigenvalue weighted by molar-refractivity contribution is 6.32. The maximum atomic E-state index is 13.0. The highest BCUT2D eigenvalue weighted by Crippen LogP contribution is 2.25. The van der Waals surface area contributed by atoms with Gasteiger partial charge in [0.25, 0.3) is 5.91 Å². The molecule has 1 aromatic heterocycles. The number of likely N-dealkylation sites (tertiary alicyclic amines) is 1. The summed E-state index contributed by atoms with van der Waals surface area (Å²) in [6.45, 7) is 6.65. The monoisotopic (exact) mass is 425 g/mol. The molecule has 154 valence electrons. The standard InChI is InChI=1S/C20H28ClN5O.ClH/c1-14(2)19-23-18(24-26(19)17-7-5-4-6-16(17)21)20(27)25-12-9-15(10-13-25)8-11-22-3;/h4-7,14-15,22H,8-13H2,1-3H3;1H. The summed E-state index contributed by atoms with van der Waals surface area (Å²) in [7, 11) is 1.98. The molecule has 0 bridgehead atoms. The summed E-state index contributed by atoms with van der Waals surface area (Å²) in [6, 6.07) is 7.50. The second-order valence-electron chi connectivity index (χ2n) is 7.44. The number of amides is 1. The van der Waals surface area contributed by atoms with Gasteiger partial charge in [-0.2, -0.15) is 0 Å². The number of rotatable bonds is 6. The molecular formula is C20H29Cl2N5O. The molecule has 1 aromatic carbocycles. The van der Waals surface area contributed by atoms with Crippen molar-refractivity contribution in [1.29, 1.82) is 0 Å². The van der Waals surface area contributed by atoms with E-state index in [0.29, 0.717) is 10.9 Å². The summed E-state index contributed by atoms with van der Waals surface area (Å²) in [4.78, 5) is 19.4. The van der Waals surface area contributed by atoms with Crippen molar-refractivity contribution in [3.05, 3.63) is 40.9 Å². The molecule has 0 atom stereocenters. The fraction of sp³-hybridized carbons (Fsp3) is 0.550. The zero-order valence-electron chi connectivity index (χ0n) is 16.7. The van der Waals surface area contributed by atoms with Crippen molar-refractivity contribution in [1.82, 2.24) is 25.0 Å². The molecule has 6 nitrogen and oxygen atoms in total. The van der Waals surface area contributed by atoms with Crippen LogP contribution < -0.4 is 5.32 Å². The number of nitrogens with one attached hydrogen (secondary N) is 1. The summed E-state index contributed by atoms with van der Waals surface area (Å²) in [6.07, 6.45) is 3.24. The number of piperidine rings is 1. The number of para-hydroxylation sites is 1. The van der Waals surface area contributed by atoms with Crippen LogP contribution in [0.3, 0.4) is 0 Å². The van der Waals surface area contributed by atoms with Crippen LogP contribution in [0.5, 0.6) is 0 Å². The van der Waals surface area contributed by atoms with E-state index in [9.17, 15) is 4.79 Å². The van der Waals surface area contributed by atoms with E-state index in [2.05, 4.69) is 15.4 Å². The van der Waals surface area contributed by atoms with Crippen molar-refractivity contribution >= 4 is 29.9 Å². The first-order valence-corrected chi connectivity index (χ1v) is 10.0. The van der Waals surface area contributed by atoms with Crippen molar-refractivity contribution in [3.8, 4) is 5.69 Å². The Hall–Kier alpha value is -1.63. The molecule has 0 aliphatic carbocycles. The van der Waals surface area contributed by atoms with Crippen molar-refractivity contribution in [3.63, 3.8) is 0 Å². The summed E-state index contributed by atoms with van der Waals surface area (Å²) >= 11 is 6.34. The normalized spacial score (nSPS) is 15.0. The highest BCUT2D eigenvalue weighted by atomic mass is 35.5. The predicted molar refractivity (Wildman–Crippen MR) is 115 cm³/mol. The van der Waals surface area contributed by atoms with Gasteiger partial charge in [-0.25, -0.2) is 9.67 Å². The van der Waals surface area contributed by atoms with Gasteiger partial charge in [0.15, 0.2) is 0 Å². The Morgan fingerprint density at radius 1 is 1.29 bits per heavy atom. The Morgan fingerprint density at radius 2 is 1.96 bits per heavy atom. The van der Waals surface area contributed by atoms with Crippen LogP contribution in [-0.4, -0.2) is 52.3 Å². The average Bonchev–Trinajstić information content (AvgIpc) is 3.12. The Balaban J connectivity index is 0.00000280. The summed E-state index contributed by atoms with van der Waals surface area (Å²) in [5.41, 5.74) is 0.750. The number of hydrogen-bond donors (Lipinski definition) is 1. The third kappa shape index (κ3) is 5.04. The number of carbonyl (C=O) groups is 1. The molecule has 0 radical (unpaired) electrons. The second kappa shape index (κ2) is 10.2. The van der Waals surface area contributed by atoms with Gasteiger partial charge in [0.1, 0.15) is 5.82 Å². The number of aromatic nitrogens is 3. The van der Waals surface area contributed by atoms with Crippen molar-refractivity contribution in [2.45, 2.75) is 39.0 Å². The lowest BCUT2D eigenvalue weighted by Gasteiger charge is -2.31. The van der Waals surface area contributed by atoms with E-state index >= 15 is 0 Å². The van der Waals surface area contributed by atoms with E-state index in [-0.39, 0.29) is 30.1 Å². The molecule has 1 N–H and O–H groups in total. The van der Waals surface area contributed by atoms with E-state index in [4.69, 9.17) is 11.6 Å². The minimum atomic E-state index is -0.0882. The van der Waals surface area contributed by atoms with Crippen molar-refractivity contribution in [2.75, 3.05) is 26.7 Å². The fourth-order valence-corrected chi connectivity index (χ4v) is 3.72. The van der Waals surface area contributed by atoms with Crippen LogP contribution in [0, 0.1) is 5.92 Å². The minimum Gasteiger partial charge on any atom is -0.336 e. The van der Waals surface area contributed by atoms with Gasteiger partial charge in [-0.1, -0.05) is 37.6 Å². The summed E-state index contributed by atoms with van der Waals surface area (Å²) in [5, 5.41) is 8.32. The Morgan fingerprint density at radius 3 is 2.57 bits per heavy atom. The molecular weight excluding hydrogens is 397 g/mol. The molecule has 1 aliphatic rings. The average molecular weight is 426 g/mol. The molecule has 1 amide bonds. The molecule has 2 aromatic rings. The lowest BCUT2D eigenvalue weighted by atomic mass is 9.93. The second-order valence-corrected chi connectivity index (χ2v) is 7.85. The van der Waals surface area contributed by atoms with Crippen LogP contribution in [-0.2, 0) is 0 Å². The lowest BCUT2D eigenvalue weighted by molar-refractivity contribution is 0.0674. The Labute approximate surface area is 178 Å². The molecule has 1 fully saturated rings. The third-order valence-electron chi connectivity index (χ3n) is 5.12. The maximum Gasteiger partial charge on any atom is 0.293 e. The molecule has 2 heterocycles.